The van der Waals surface area contributed by atoms with Gasteiger partial charge >= 0.3 is 0 Å². The maximum Gasteiger partial charge on any atom is 0.226 e. The summed E-state index contributed by atoms with van der Waals surface area (Å²) >= 11 is 0. The number of nitrogen functional groups attached to an aromatic ring is 1. The maximum atomic E-state index is 7.56. The number of hydrogen-bond donors (Lipinski definition) is 2. The van der Waals surface area contributed by atoms with E-state index < -0.39 is 0 Å². The Labute approximate surface area is 119 Å². The molecule has 0 aliphatic heterocycles. The Morgan fingerprint density at radius 1 is 1.55 bits per heavy atom. The topological polar surface area (TPSA) is 88.1 Å². The first-order valence-electron chi connectivity index (χ1n) is 6.98. The lowest BCUT2D eigenvalue weighted by atomic mass is 10.2. The standard InChI is InChI=1S/C14H23N5O/c1-9-8-12(13(15)16)18-14(17-9)19(6-7-20-3)10(2)11-4-5-11/h8,10-11H,4-7H2,1-3H3,(H3,15,16). The Morgan fingerprint density at radius 3 is 2.80 bits per heavy atom. The molecule has 1 aromatic rings. The van der Waals surface area contributed by atoms with Crippen LogP contribution in [0, 0.1) is 18.3 Å². The SMILES string of the molecule is COCCN(c1nc(C)cc(C(=N)N)n1)C(C)C1CC1. The summed E-state index contributed by atoms with van der Waals surface area (Å²) in [5.41, 5.74) is 6.86. The van der Waals surface area contributed by atoms with Gasteiger partial charge in [-0.25, -0.2) is 9.97 Å². The second kappa shape index (κ2) is 6.17. The highest BCUT2D eigenvalue weighted by atomic mass is 16.5. The molecular formula is C14H23N5O. The van der Waals surface area contributed by atoms with Crippen molar-refractivity contribution in [3.63, 3.8) is 0 Å². The molecule has 0 spiro atoms. The molecule has 1 fully saturated rings. The van der Waals surface area contributed by atoms with Crippen molar-refractivity contribution in [3.8, 4) is 0 Å². The summed E-state index contributed by atoms with van der Waals surface area (Å²) in [4.78, 5) is 11.1. The second-order valence-electron chi connectivity index (χ2n) is 5.37. The van der Waals surface area contributed by atoms with E-state index in [1.54, 1.807) is 13.2 Å². The number of nitrogens with two attached hydrogens (primary N) is 1. The van der Waals surface area contributed by atoms with Crippen molar-refractivity contribution in [2.24, 2.45) is 11.7 Å². The van der Waals surface area contributed by atoms with Crippen LogP contribution in [0.1, 0.15) is 31.2 Å². The molecule has 1 unspecified atom stereocenters. The Kier molecular flexibility index (Phi) is 4.54. The van der Waals surface area contributed by atoms with Crippen LogP contribution in [0.3, 0.4) is 0 Å². The molecule has 6 nitrogen and oxygen atoms in total. The predicted molar refractivity (Wildman–Crippen MR) is 79.2 cm³/mol. The molecule has 0 bridgehead atoms. The van der Waals surface area contributed by atoms with Gasteiger partial charge in [-0.3, -0.25) is 5.41 Å². The van der Waals surface area contributed by atoms with E-state index in [0.29, 0.717) is 30.2 Å². The van der Waals surface area contributed by atoms with Crippen molar-refractivity contribution in [1.82, 2.24) is 9.97 Å². The van der Waals surface area contributed by atoms with Gasteiger partial charge in [-0.1, -0.05) is 0 Å². The molecule has 1 atom stereocenters. The zero-order valence-electron chi connectivity index (χ0n) is 12.4. The Balaban J connectivity index is 2.28. The molecule has 3 N–H and O–H groups in total. The minimum atomic E-state index is -0.0254. The zero-order valence-corrected chi connectivity index (χ0v) is 12.4. The van der Waals surface area contributed by atoms with Gasteiger partial charge in [0.05, 0.1) is 6.61 Å². The van der Waals surface area contributed by atoms with Gasteiger partial charge in [-0.05, 0) is 38.7 Å². The molecule has 1 aromatic heterocycles. The van der Waals surface area contributed by atoms with Crippen LogP contribution in [-0.2, 0) is 4.74 Å². The van der Waals surface area contributed by atoms with E-state index >= 15 is 0 Å². The second-order valence-corrected chi connectivity index (χ2v) is 5.37. The van der Waals surface area contributed by atoms with Gasteiger partial charge in [-0.15, -0.1) is 0 Å². The van der Waals surface area contributed by atoms with Crippen molar-refractivity contribution in [3.05, 3.63) is 17.5 Å². The molecule has 0 radical (unpaired) electrons. The highest BCUT2D eigenvalue weighted by molar-refractivity contribution is 5.93. The fourth-order valence-electron chi connectivity index (χ4n) is 2.33. The van der Waals surface area contributed by atoms with Crippen molar-refractivity contribution in [2.75, 3.05) is 25.2 Å². The fourth-order valence-corrected chi connectivity index (χ4v) is 2.33. The van der Waals surface area contributed by atoms with E-state index in [1.807, 2.05) is 6.92 Å². The number of nitrogens with zero attached hydrogens (tertiary/aromatic N) is 3. The van der Waals surface area contributed by atoms with Crippen molar-refractivity contribution in [1.29, 1.82) is 5.41 Å². The predicted octanol–water partition coefficient (Wildman–Crippen LogP) is 1.32. The van der Waals surface area contributed by atoms with Crippen LogP contribution in [0.2, 0.25) is 0 Å². The lowest BCUT2D eigenvalue weighted by molar-refractivity contribution is 0.202. The summed E-state index contributed by atoms with van der Waals surface area (Å²) in [6, 6.07) is 2.12. The minimum absolute atomic E-state index is 0.0254. The van der Waals surface area contributed by atoms with Gasteiger partial charge in [0.25, 0.3) is 0 Å². The first-order chi connectivity index (χ1) is 9.52. The number of nitrogens with one attached hydrogen (secondary N) is 1. The number of anilines is 1. The van der Waals surface area contributed by atoms with Gasteiger partial charge in [0, 0.05) is 25.4 Å². The molecule has 1 saturated carbocycles. The minimum Gasteiger partial charge on any atom is -0.383 e. The normalized spacial score (nSPS) is 15.9. The van der Waals surface area contributed by atoms with E-state index in [2.05, 4.69) is 21.8 Å². The van der Waals surface area contributed by atoms with Crippen molar-refractivity contribution >= 4 is 11.8 Å². The number of rotatable bonds is 7. The molecule has 1 aliphatic carbocycles. The van der Waals surface area contributed by atoms with Gasteiger partial charge in [0.2, 0.25) is 5.95 Å². The number of amidine groups is 1. The third-order valence-corrected chi connectivity index (χ3v) is 3.71. The smallest absolute Gasteiger partial charge is 0.226 e. The average Bonchev–Trinajstić information content (AvgIpc) is 3.22. The van der Waals surface area contributed by atoms with E-state index in [1.165, 1.54) is 12.8 Å². The largest absolute Gasteiger partial charge is 0.383 e. The number of methoxy groups -OCH3 is 1. The van der Waals surface area contributed by atoms with Crippen molar-refractivity contribution in [2.45, 2.75) is 32.7 Å². The fraction of sp³-hybridized carbons (Fsp3) is 0.643. The van der Waals surface area contributed by atoms with Crippen molar-refractivity contribution < 1.29 is 4.74 Å². The molecule has 110 valence electrons. The number of aryl methyl sites for hydroxylation is 1. The summed E-state index contributed by atoms with van der Waals surface area (Å²) in [5, 5.41) is 7.56. The Morgan fingerprint density at radius 2 is 2.25 bits per heavy atom. The van der Waals surface area contributed by atoms with E-state index in [9.17, 15) is 0 Å². The average molecular weight is 277 g/mol. The van der Waals surface area contributed by atoms with Crippen LogP contribution < -0.4 is 10.6 Å². The Bertz CT molecular complexity index is 486. The quantitative estimate of drug-likeness (QED) is 0.579. The molecule has 0 aromatic carbocycles. The van der Waals surface area contributed by atoms with E-state index in [0.717, 1.165) is 12.2 Å². The highest BCUT2D eigenvalue weighted by Gasteiger charge is 2.33. The molecular weight excluding hydrogens is 254 g/mol. The van der Waals surface area contributed by atoms with Crippen LogP contribution in [0.25, 0.3) is 0 Å². The molecule has 20 heavy (non-hydrogen) atoms. The van der Waals surface area contributed by atoms with E-state index in [-0.39, 0.29) is 5.84 Å². The van der Waals surface area contributed by atoms with Gasteiger partial charge in [-0.2, -0.15) is 0 Å². The zero-order chi connectivity index (χ0) is 14.7. The third kappa shape index (κ3) is 3.45. The lowest BCUT2D eigenvalue weighted by Crippen LogP contribution is -2.39. The molecule has 1 aliphatic rings. The molecule has 1 heterocycles. The van der Waals surface area contributed by atoms with Crippen LogP contribution in [0.4, 0.5) is 5.95 Å². The van der Waals surface area contributed by atoms with Gasteiger partial charge < -0.3 is 15.4 Å². The van der Waals surface area contributed by atoms with Gasteiger partial charge in [0.15, 0.2) is 0 Å². The summed E-state index contributed by atoms with van der Waals surface area (Å²) in [6.07, 6.45) is 2.52. The van der Waals surface area contributed by atoms with Crippen LogP contribution >= 0.6 is 0 Å². The van der Waals surface area contributed by atoms with Crippen LogP contribution in [0.5, 0.6) is 0 Å². The summed E-state index contributed by atoms with van der Waals surface area (Å²) in [5.74, 6) is 1.32. The monoisotopic (exact) mass is 277 g/mol. The molecule has 0 amide bonds. The summed E-state index contributed by atoms with van der Waals surface area (Å²) < 4.78 is 5.19. The van der Waals surface area contributed by atoms with E-state index in [4.69, 9.17) is 15.9 Å². The lowest BCUT2D eigenvalue weighted by Gasteiger charge is -2.29. The maximum absolute atomic E-state index is 7.56. The highest BCUT2D eigenvalue weighted by Crippen LogP contribution is 2.36. The third-order valence-electron chi connectivity index (χ3n) is 3.71. The number of aromatic nitrogens is 2. The first-order valence-corrected chi connectivity index (χ1v) is 6.98. The van der Waals surface area contributed by atoms with Gasteiger partial charge in [0.1, 0.15) is 11.5 Å². The molecule has 6 heteroatoms. The molecule has 0 saturated heterocycles. The summed E-state index contributed by atoms with van der Waals surface area (Å²) in [7, 11) is 1.69. The number of ether oxygens (including phenoxy) is 1. The number of hydrogen-bond acceptors (Lipinski definition) is 5. The Hall–Kier alpha value is -1.69. The molecule has 2 rings (SSSR count). The van der Waals surface area contributed by atoms with Crippen LogP contribution in [-0.4, -0.2) is 42.1 Å². The first kappa shape index (κ1) is 14.7. The van der Waals surface area contributed by atoms with Crippen LogP contribution in [0.15, 0.2) is 6.07 Å². The summed E-state index contributed by atoms with van der Waals surface area (Å²) in [6.45, 7) is 5.47.